The van der Waals surface area contributed by atoms with E-state index in [0.29, 0.717) is 24.5 Å². The van der Waals surface area contributed by atoms with Crippen LogP contribution in [0, 0.1) is 0 Å². The van der Waals surface area contributed by atoms with Crippen molar-refractivity contribution in [3.8, 4) is 17.4 Å². The van der Waals surface area contributed by atoms with E-state index in [1.54, 1.807) is 29.3 Å². The Bertz CT molecular complexity index is 1260. The zero-order valence-corrected chi connectivity index (χ0v) is 18.0. The van der Waals surface area contributed by atoms with Crippen molar-refractivity contribution in [3.63, 3.8) is 0 Å². The Labute approximate surface area is 194 Å². The molecule has 2 aliphatic rings. The van der Waals surface area contributed by atoms with Gasteiger partial charge in [0.1, 0.15) is 24.0 Å². The van der Waals surface area contributed by atoms with Crippen molar-refractivity contribution >= 4 is 5.91 Å². The fourth-order valence-corrected chi connectivity index (χ4v) is 4.32. The Morgan fingerprint density at radius 1 is 1.03 bits per heavy atom. The summed E-state index contributed by atoms with van der Waals surface area (Å²) in [6.07, 6.45) is 4.70. The summed E-state index contributed by atoms with van der Waals surface area (Å²) in [5.41, 5.74) is 1.55. The second-order valence-corrected chi connectivity index (χ2v) is 8.08. The number of carbonyl (C=O) groups excluding carboxylic acids is 1. The van der Waals surface area contributed by atoms with Gasteiger partial charge in [-0.25, -0.2) is 4.98 Å². The quantitative estimate of drug-likeness (QED) is 0.464. The molecule has 34 heavy (non-hydrogen) atoms. The van der Waals surface area contributed by atoms with Crippen LogP contribution in [0.4, 0.5) is 0 Å². The van der Waals surface area contributed by atoms with Gasteiger partial charge in [-0.2, -0.15) is 4.68 Å². The highest BCUT2D eigenvalue weighted by molar-refractivity contribution is 5.94. The van der Waals surface area contributed by atoms with E-state index >= 15 is 0 Å². The average molecular weight is 459 g/mol. The van der Waals surface area contributed by atoms with Crippen LogP contribution in [0.1, 0.15) is 16.4 Å². The van der Waals surface area contributed by atoms with E-state index in [1.807, 2.05) is 53.2 Å². The summed E-state index contributed by atoms with van der Waals surface area (Å²) in [4.78, 5) is 16.6. The predicted octanol–water partition coefficient (Wildman–Crippen LogP) is 1.79. The van der Waals surface area contributed by atoms with E-state index in [9.17, 15) is 4.79 Å². The van der Waals surface area contributed by atoms with Gasteiger partial charge in [0.25, 0.3) is 5.91 Å². The Morgan fingerprint density at radius 2 is 1.85 bits per heavy atom. The molecule has 2 aliphatic heterocycles. The molecule has 11 heteroatoms. The molecule has 0 aliphatic carbocycles. The minimum Gasteiger partial charge on any atom is -0.423 e. The molecule has 1 N–H and O–H groups in total. The lowest BCUT2D eigenvalue weighted by molar-refractivity contribution is 0.0606. The maximum atomic E-state index is 12.6. The number of nitrogens with zero attached hydrogens (tertiary/aromatic N) is 6. The van der Waals surface area contributed by atoms with E-state index in [1.165, 1.54) is 0 Å². The first kappa shape index (κ1) is 20.5. The van der Waals surface area contributed by atoms with E-state index in [2.05, 4.69) is 25.8 Å². The van der Waals surface area contributed by atoms with Crippen LogP contribution in [-0.2, 0) is 9.47 Å². The Balaban J connectivity index is 1.14. The highest BCUT2D eigenvalue weighted by Gasteiger charge is 2.50. The molecule has 2 fully saturated rings. The molecule has 2 saturated heterocycles. The third kappa shape index (κ3) is 3.80. The first-order chi connectivity index (χ1) is 16.8. The van der Waals surface area contributed by atoms with Gasteiger partial charge in [-0.05, 0) is 46.8 Å². The molecule has 4 heterocycles. The van der Waals surface area contributed by atoms with Gasteiger partial charge in [0.15, 0.2) is 0 Å². The molecular formula is C23H21N7O4. The number of amides is 1. The van der Waals surface area contributed by atoms with Gasteiger partial charge < -0.3 is 24.1 Å². The van der Waals surface area contributed by atoms with Crippen LogP contribution >= 0.6 is 0 Å². The molecule has 1 amide bonds. The van der Waals surface area contributed by atoms with Gasteiger partial charge in [0, 0.05) is 23.6 Å². The van der Waals surface area contributed by atoms with Gasteiger partial charge in [-0.1, -0.05) is 23.3 Å². The molecular weight excluding hydrogens is 438 g/mol. The van der Waals surface area contributed by atoms with Gasteiger partial charge in [-0.3, -0.25) is 4.79 Å². The fourth-order valence-electron chi connectivity index (χ4n) is 4.32. The Hall–Kier alpha value is -4.09. The number of nitrogens with one attached hydrogen (secondary N) is 1. The zero-order valence-electron chi connectivity index (χ0n) is 18.0. The van der Waals surface area contributed by atoms with Crippen molar-refractivity contribution in [1.82, 2.24) is 35.1 Å². The first-order valence-electron chi connectivity index (χ1n) is 10.9. The number of imidazole rings is 1. The van der Waals surface area contributed by atoms with Crippen LogP contribution < -0.4 is 10.1 Å². The summed E-state index contributed by atoms with van der Waals surface area (Å²) in [7, 11) is 0. The molecule has 4 aromatic rings. The van der Waals surface area contributed by atoms with E-state index in [4.69, 9.17) is 14.2 Å². The SMILES string of the molecule is O=C(NC1COC2C1OCC2n1nnnc1Oc1ccc(-n2ccnc2)cc1)c1ccccc1. The number of rotatable bonds is 6. The number of aromatic nitrogens is 6. The Morgan fingerprint density at radius 3 is 2.65 bits per heavy atom. The molecule has 172 valence electrons. The molecule has 6 rings (SSSR count). The van der Waals surface area contributed by atoms with Crippen LogP contribution in [0.2, 0.25) is 0 Å². The smallest absolute Gasteiger partial charge is 0.341 e. The summed E-state index contributed by atoms with van der Waals surface area (Å²) >= 11 is 0. The van der Waals surface area contributed by atoms with Crippen LogP contribution in [0.3, 0.4) is 0 Å². The summed E-state index contributed by atoms with van der Waals surface area (Å²) in [5.74, 6) is 0.434. The van der Waals surface area contributed by atoms with Gasteiger partial charge in [-0.15, -0.1) is 0 Å². The van der Waals surface area contributed by atoms with Gasteiger partial charge in [0.05, 0.1) is 25.6 Å². The largest absolute Gasteiger partial charge is 0.423 e. The summed E-state index contributed by atoms with van der Waals surface area (Å²) in [6.45, 7) is 0.687. The van der Waals surface area contributed by atoms with Crippen molar-refractivity contribution in [3.05, 3.63) is 78.9 Å². The molecule has 2 aromatic heterocycles. The minimum absolute atomic E-state index is 0.160. The summed E-state index contributed by atoms with van der Waals surface area (Å²) in [6, 6.07) is 16.3. The fraction of sp³-hybridized carbons (Fsp3) is 0.261. The summed E-state index contributed by atoms with van der Waals surface area (Å²) < 4.78 is 21.4. The van der Waals surface area contributed by atoms with Crippen LogP contribution in [0.5, 0.6) is 11.8 Å². The second-order valence-electron chi connectivity index (χ2n) is 8.08. The monoisotopic (exact) mass is 459 g/mol. The molecule has 2 aromatic carbocycles. The zero-order chi connectivity index (χ0) is 22.9. The van der Waals surface area contributed by atoms with E-state index < -0.39 is 0 Å². The molecule has 0 spiro atoms. The van der Waals surface area contributed by atoms with Gasteiger partial charge in [0.2, 0.25) is 0 Å². The van der Waals surface area contributed by atoms with E-state index in [0.717, 1.165) is 5.69 Å². The lowest BCUT2D eigenvalue weighted by atomic mass is 10.1. The lowest BCUT2D eigenvalue weighted by Crippen LogP contribution is -2.44. The van der Waals surface area contributed by atoms with Crippen molar-refractivity contribution in [1.29, 1.82) is 0 Å². The summed E-state index contributed by atoms with van der Waals surface area (Å²) in [5, 5.41) is 15.0. The first-order valence-corrected chi connectivity index (χ1v) is 10.9. The number of hydrogen-bond acceptors (Lipinski definition) is 8. The Kier molecular flexibility index (Phi) is 5.24. The molecule has 4 unspecified atom stereocenters. The molecule has 11 nitrogen and oxygen atoms in total. The van der Waals surface area contributed by atoms with Crippen molar-refractivity contribution in [2.75, 3.05) is 13.2 Å². The number of tetrazole rings is 1. The number of hydrogen-bond donors (Lipinski definition) is 1. The third-order valence-electron chi connectivity index (χ3n) is 6.00. The number of benzene rings is 2. The second kappa shape index (κ2) is 8.69. The molecule has 0 radical (unpaired) electrons. The predicted molar refractivity (Wildman–Crippen MR) is 118 cm³/mol. The highest BCUT2D eigenvalue weighted by atomic mass is 16.6. The number of ether oxygens (including phenoxy) is 3. The van der Waals surface area contributed by atoms with Crippen LogP contribution in [0.15, 0.2) is 73.3 Å². The van der Waals surface area contributed by atoms with Crippen molar-refractivity contribution in [2.24, 2.45) is 0 Å². The maximum absolute atomic E-state index is 12.6. The standard InChI is InChI=1S/C23H21N7O4/c31-22(15-4-2-1-3-5-15)25-18-12-32-21-19(13-33-20(18)21)30-23(26-27-28-30)34-17-8-6-16(7-9-17)29-11-10-24-14-29/h1-11,14,18-21H,12-13H2,(H,25,31). The molecule has 0 saturated carbocycles. The topological polar surface area (TPSA) is 118 Å². The number of fused-ring (bicyclic) bond motifs is 1. The maximum Gasteiger partial charge on any atom is 0.341 e. The van der Waals surface area contributed by atoms with Gasteiger partial charge >= 0.3 is 6.01 Å². The van der Waals surface area contributed by atoms with Crippen LogP contribution in [-0.4, -0.2) is 67.1 Å². The normalized spacial score (nSPS) is 23.5. The average Bonchev–Trinajstić information content (AvgIpc) is 3.67. The lowest BCUT2D eigenvalue weighted by Gasteiger charge is -2.18. The molecule has 4 atom stereocenters. The minimum atomic E-state index is -0.310. The van der Waals surface area contributed by atoms with Crippen molar-refractivity contribution in [2.45, 2.75) is 24.3 Å². The van der Waals surface area contributed by atoms with E-state index in [-0.39, 0.29) is 36.2 Å². The van der Waals surface area contributed by atoms with Crippen molar-refractivity contribution < 1.29 is 19.0 Å². The molecule has 0 bridgehead atoms. The van der Waals surface area contributed by atoms with Crippen LogP contribution in [0.25, 0.3) is 5.69 Å². The number of carbonyl (C=O) groups is 1. The third-order valence-corrected chi connectivity index (χ3v) is 6.00. The highest BCUT2D eigenvalue weighted by Crippen LogP contribution is 2.36.